The van der Waals surface area contributed by atoms with E-state index in [9.17, 15) is 22.8 Å². The first-order chi connectivity index (χ1) is 16.7. The lowest BCUT2D eigenvalue weighted by Gasteiger charge is -2.32. The monoisotopic (exact) mass is 501 g/mol. The maximum Gasteiger partial charge on any atom is 0.416 e. The van der Waals surface area contributed by atoms with Crippen LogP contribution in [-0.2, 0) is 28.9 Å². The summed E-state index contributed by atoms with van der Waals surface area (Å²) in [5, 5.41) is 2.40. The van der Waals surface area contributed by atoms with E-state index in [1.807, 2.05) is 4.90 Å². The standard InChI is InChI=1S/C26H26F3N3O2S/c27-26(28,29)20-3-1-2-18(13-20)17-8-10-31(11-9-17)14-16-4-5-19-15-32(25(35)21(19)12-16)22-6-7-23(33)30-24(22)34/h1-5,12-13,17,22H,6-11,14-15H2,(H,30,33,34). The van der Waals surface area contributed by atoms with E-state index in [2.05, 4.69) is 28.4 Å². The molecular formula is C26H26F3N3O2S. The lowest BCUT2D eigenvalue weighted by molar-refractivity contribution is -0.138. The number of nitrogens with zero attached hydrogens (tertiary/aromatic N) is 2. The fraction of sp³-hybridized carbons (Fsp3) is 0.423. The topological polar surface area (TPSA) is 52.7 Å². The number of hydrogen-bond acceptors (Lipinski definition) is 4. The second kappa shape index (κ2) is 9.35. The molecule has 35 heavy (non-hydrogen) atoms. The number of halogens is 3. The Balaban J connectivity index is 1.21. The molecule has 9 heteroatoms. The van der Waals surface area contributed by atoms with Crippen LogP contribution in [0.1, 0.15) is 59.4 Å². The Kier molecular flexibility index (Phi) is 6.40. The van der Waals surface area contributed by atoms with Crippen molar-refractivity contribution in [3.8, 4) is 0 Å². The van der Waals surface area contributed by atoms with Gasteiger partial charge in [-0.05, 0) is 67.1 Å². The summed E-state index contributed by atoms with van der Waals surface area (Å²) in [5.74, 6) is -0.406. The minimum atomic E-state index is -4.32. The molecule has 5 nitrogen and oxygen atoms in total. The average Bonchev–Trinajstić information content (AvgIpc) is 3.15. The number of benzene rings is 2. The molecule has 1 atom stereocenters. The number of rotatable bonds is 4. The molecule has 2 amide bonds. The molecule has 3 heterocycles. The highest BCUT2D eigenvalue weighted by molar-refractivity contribution is 7.80. The molecule has 0 bridgehead atoms. The summed E-state index contributed by atoms with van der Waals surface area (Å²) in [6.45, 7) is 2.92. The predicted octanol–water partition coefficient (Wildman–Crippen LogP) is 4.38. The van der Waals surface area contributed by atoms with Gasteiger partial charge in [-0.1, -0.05) is 42.5 Å². The molecule has 2 aromatic carbocycles. The normalized spacial score (nSPS) is 21.9. The van der Waals surface area contributed by atoms with E-state index in [-0.39, 0.29) is 17.7 Å². The van der Waals surface area contributed by atoms with E-state index in [1.54, 1.807) is 6.07 Å². The third-order valence-electron chi connectivity index (χ3n) is 7.27. The SMILES string of the molecule is O=C1CCC(N2Cc3ccc(CN4CCC(c5cccc(C(F)(F)F)c5)CC4)cc3C2=S)C(=O)N1. The molecule has 0 aliphatic carbocycles. The minimum Gasteiger partial charge on any atom is -0.346 e. The van der Waals surface area contributed by atoms with Crippen LogP contribution in [0.5, 0.6) is 0 Å². The second-order valence-corrected chi connectivity index (χ2v) is 9.95. The highest BCUT2D eigenvalue weighted by atomic mass is 32.1. The number of carbonyl (C=O) groups is 2. The van der Waals surface area contributed by atoms with Gasteiger partial charge in [0.2, 0.25) is 11.8 Å². The van der Waals surface area contributed by atoms with Crippen LogP contribution in [0.2, 0.25) is 0 Å². The molecule has 3 aliphatic rings. The second-order valence-electron chi connectivity index (χ2n) is 9.57. The van der Waals surface area contributed by atoms with Crippen molar-refractivity contribution in [2.45, 2.75) is 56.9 Å². The van der Waals surface area contributed by atoms with Gasteiger partial charge in [0.05, 0.1) is 5.56 Å². The molecule has 0 radical (unpaired) electrons. The fourth-order valence-corrected chi connectivity index (χ4v) is 5.73. The van der Waals surface area contributed by atoms with Crippen molar-refractivity contribution < 1.29 is 22.8 Å². The van der Waals surface area contributed by atoms with Crippen LogP contribution in [0.3, 0.4) is 0 Å². The molecule has 184 valence electrons. The number of carbonyl (C=O) groups excluding carboxylic acids is 2. The van der Waals surface area contributed by atoms with E-state index >= 15 is 0 Å². The zero-order valence-electron chi connectivity index (χ0n) is 19.1. The Labute approximate surface area is 207 Å². The molecule has 1 unspecified atom stereocenters. The van der Waals surface area contributed by atoms with E-state index < -0.39 is 17.8 Å². The molecule has 2 fully saturated rings. The van der Waals surface area contributed by atoms with Gasteiger partial charge in [-0.3, -0.25) is 19.8 Å². The Morgan fingerprint density at radius 3 is 2.51 bits per heavy atom. The number of fused-ring (bicyclic) bond motifs is 1. The number of piperidine rings is 2. The summed E-state index contributed by atoms with van der Waals surface area (Å²) < 4.78 is 39.2. The quantitative estimate of drug-likeness (QED) is 0.498. The summed E-state index contributed by atoms with van der Waals surface area (Å²) in [6.07, 6.45) is -1.92. The van der Waals surface area contributed by atoms with Crippen LogP contribution in [-0.4, -0.2) is 45.7 Å². The lowest BCUT2D eigenvalue weighted by atomic mass is 9.88. The van der Waals surface area contributed by atoms with Crippen molar-refractivity contribution in [2.75, 3.05) is 13.1 Å². The van der Waals surface area contributed by atoms with E-state index in [4.69, 9.17) is 12.2 Å². The minimum absolute atomic E-state index is 0.128. The van der Waals surface area contributed by atoms with Gasteiger partial charge in [0.1, 0.15) is 11.0 Å². The van der Waals surface area contributed by atoms with Gasteiger partial charge in [-0.2, -0.15) is 13.2 Å². The van der Waals surface area contributed by atoms with Gasteiger partial charge in [0, 0.05) is 25.1 Å². The van der Waals surface area contributed by atoms with Gasteiger partial charge < -0.3 is 4.90 Å². The van der Waals surface area contributed by atoms with Gasteiger partial charge in [0.25, 0.3) is 0 Å². The van der Waals surface area contributed by atoms with Gasteiger partial charge in [-0.15, -0.1) is 0 Å². The zero-order valence-corrected chi connectivity index (χ0v) is 19.9. The molecule has 0 aromatic heterocycles. The van der Waals surface area contributed by atoms with Gasteiger partial charge in [0.15, 0.2) is 0 Å². The number of alkyl halides is 3. The van der Waals surface area contributed by atoms with Crippen LogP contribution in [0.4, 0.5) is 13.2 Å². The smallest absolute Gasteiger partial charge is 0.346 e. The Morgan fingerprint density at radius 1 is 1.03 bits per heavy atom. The van der Waals surface area contributed by atoms with Crippen molar-refractivity contribution in [1.29, 1.82) is 0 Å². The van der Waals surface area contributed by atoms with E-state index in [1.165, 1.54) is 12.1 Å². The number of amides is 2. The number of hydrogen-bond donors (Lipinski definition) is 1. The predicted molar refractivity (Wildman–Crippen MR) is 129 cm³/mol. The largest absolute Gasteiger partial charge is 0.416 e. The average molecular weight is 502 g/mol. The molecule has 0 saturated carbocycles. The van der Waals surface area contributed by atoms with Crippen molar-refractivity contribution in [1.82, 2.24) is 15.1 Å². The molecule has 3 aliphatic heterocycles. The van der Waals surface area contributed by atoms with Crippen LogP contribution < -0.4 is 5.32 Å². The third-order valence-corrected chi connectivity index (χ3v) is 7.73. The number of likely N-dealkylation sites (tertiary alicyclic amines) is 1. The van der Waals surface area contributed by atoms with Crippen molar-refractivity contribution in [3.05, 3.63) is 70.3 Å². The van der Waals surface area contributed by atoms with Crippen molar-refractivity contribution >= 4 is 29.0 Å². The highest BCUT2D eigenvalue weighted by Gasteiger charge is 2.37. The Hall–Kier alpha value is -2.78. The van der Waals surface area contributed by atoms with Crippen molar-refractivity contribution in [3.63, 3.8) is 0 Å². The van der Waals surface area contributed by atoms with Crippen LogP contribution >= 0.6 is 12.2 Å². The molecule has 5 rings (SSSR count). The molecule has 1 N–H and O–H groups in total. The van der Waals surface area contributed by atoms with E-state index in [0.717, 1.165) is 60.8 Å². The number of thiocarbonyl (C=S) groups is 1. The Morgan fingerprint density at radius 2 is 1.80 bits per heavy atom. The summed E-state index contributed by atoms with van der Waals surface area (Å²) in [6, 6.07) is 11.5. The first-order valence-electron chi connectivity index (χ1n) is 11.8. The maximum atomic E-state index is 13.1. The molecule has 2 aromatic rings. The molecule has 0 spiro atoms. The number of nitrogens with one attached hydrogen (secondary N) is 1. The highest BCUT2D eigenvalue weighted by Crippen LogP contribution is 2.35. The van der Waals surface area contributed by atoms with Crippen LogP contribution in [0.25, 0.3) is 0 Å². The summed E-state index contributed by atoms with van der Waals surface area (Å²) in [7, 11) is 0. The molecular weight excluding hydrogens is 475 g/mol. The van der Waals surface area contributed by atoms with Gasteiger partial charge in [-0.25, -0.2) is 0 Å². The first-order valence-corrected chi connectivity index (χ1v) is 12.3. The van der Waals surface area contributed by atoms with Gasteiger partial charge >= 0.3 is 6.18 Å². The first kappa shape index (κ1) is 23.9. The summed E-state index contributed by atoms with van der Waals surface area (Å²) in [5.41, 5.74) is 3.33. The zero-order chi connectivity index (χ0) is 24.7. The lowest BCUT2D eigenvalue weighted by Crippen LogP contribution is -2.52. The maximum absolute atomic E-state index is 13.1. The van der Waals surface area contributed by atoms with Crippen molar-refractivity contribution in [2.24, 2.45) is 0 Å². The summed E-state index contributed by atoms with van der Waals surface area (Å²) >= 11 is 5.70. The van der Waals surface area contributed by atoms with Crippen LogP contribution in [0.15, 0.2) is 42.5 Å². The summed E-state index contributed by atoms with van der Waals surface area (Å²) in [4.78, 5) is 28.7. The van der Waals surface area contributed by atoms with E-state index in [0.29, 0.717) is 24.4 Å². The third kappa shape index (κ3) is 4.97. The number of imide groups is 1. The van der Waals surface area contributed by atoms with Crippen LogP contribution in [0, 0.1) is 0 Å². The Bertz CT molecular complexity index is 1170. The fourth-order valence-electron chi connectivity index (χ4n) is 5.35. The molecule has 2 saturated heterocycles.